The molecule has 0 aliphatic rings. The molecule has 78 valence electrons. The van der Waals surface area contributed by atoms with Crippen LogP contribution in [-0.2, 0) is 0 Å². The van der Waals surface area contributed by atoms with Crippen molar-refractivity contribution in [3.05, 3.63) is 12.2 Å². The lowest BCUT2D eigenvalue weighted by molar-refractivity contribution is 0.309. The van der Waals surface area contributed by atoms with Crippen LogP contribution in [0.5, 0.6) is 0 Å². The molecule has 0 heterocycles. The van der Waals surface area contributed by atoms with E-state index in [1.54, 1.807) is 0 Å². The van der Waals surface area contributed by atoms with E-state index in [2.05, 4.69) is 46.5 Å². The minimum absolute atomic E-state index is 0.405. The number of hydrogen-bond acceptors (Lipinski definition) is 1. The van der Waals surface area contributed by atoms with Crippen molar-refractivity contribution in [2.45, 2.75) is 53.5 Å². The average Bonchev–Trinajstić information content (AvgIpc) is 1.81. The Labute approximate surface area is 83.6 Å². The fourth-order valence-electron chi connectivity index (χ4n) is 1.67. The van der Waals surface area contributed by atoms with Crippen LogP contribution < -0.4 is 5.32 Å². The van der Waals surface area contributed by atoms with Crippen LogP contribution in [0.4, 0.5) is 0 Å². The molecule has 0 aromatic rings. The van der Waals surface area contributed by atoms with Crippen molar-refractivity contribution in [3.63, 3.8) is 0 Å². The summed E-state index contributed by atoms with van der Waals surface area (Å²) in [4.78, 5) is 0. The zero-order chi connectivity index (χ0) is 10.5. The molecule has 0 bridgehead atoms. The van der Waals surface area contributed by atoms with Gasteiger partial charge in [0.25, 0.3) is 0 Å². The zero-order valence-corrected chi connectivity index (χ0v) is 9.91. The molecule has 1 N–H and O–H groups in total. The van der Waals surface area contributed by atoms with Gasteiger partial charge in [0.1, 0.15) is 0 Å². The van der Waals surface area contributed by atoms with E-state index in [9.17, 15) is 0 Å². The van der Waals surface area contributed by atoms with Crippen molar-refractivity contribution in [3.8, 4) is 0 Å². The monoisotopic (exact) mass is 183 g/mol. The average molecular weight is 183 g/mol. The van der Waals surface area contributed by atoms with Gasteiger partial charge >= 0.3 is 0 Å². The molecule has 1 heteroatoms. The molecule has 0 saturated heterocycles. The molecule has 0 aromatic carbocycles. The Morgan fingerprint density at radius 3 is 2.23 bits per heavy atom. The Kier molecular flexibility index (Phi) is 5.31. The molecule has 1 nitrogen and oxygen atoms in total. The molecule has 1 unspecified atom stereocenters. The van der Waals surface area contributed by atoms with E-state index in [0.717, 1.165) is 13.0 Å². The molecule has 13 heavy (non-hydrogen) atoms. The maximum Gasteiger partial charge on any atom is 0.0109 e. The van der Waals surface area contributed by atoms with Crippen LogP contribution in [0.2, 0.25) is 0 Å². The molecule has 0 aliphatic heterocycles. The molecular weight excluding hydrogens is 158 g/mol. The van der Waals surface area contributed by atoms with E-state index < -0.39 is 0 Å². The summed E-state index contributed by atoms with van der Waals surface area (Å²) in [5.74, 6) is 0. The molecule has 1 atom stereocenters. The molecule has 0 amide bonds. The van der Waals surface area contributed by atoms with E-state index in [0.29, 0.717) is 11.5 Å². The Morgan fingerprint density at radius 1 is 1.38 bits per heavy atom. The molecule has 0 aromatic heterocycles. The normalized spacial score (nSPS) is 14.2. The number of nitrogens with one attached hydrogen (secondary N) is 1. The molecule has 0 aliphatic carbocycles. The van der Waals surface area contributed by atoms with Crippen molar-refractivity contribution in [2.24, 2.45) is 5.41 Å². The van der Waals surface area contributed by atoms with Gasteiger partial charge in [-0.05, 0) is 31.7 Å². The van der Waals surface area contributed by atoms with E-state index in [1.165, 1.54) is 12.0 Å². The van der Waals surface area contributed by atoms with Gasteiger partial charge in [0.2, 0.25) is 0 Å². The summed E-state index contributed by atoms with van der Waals surface area (Å²) in [6.45, 7) is 16.1. The first-order valence-electron chi connectivity index (χ1n) is 5.23. The smallest absolute Gasteiger partial charge is 0.0109 e. The lowest BCUT2D eigenvalue weighted by atomic mass is 9.86. The van der Waals surface area contributed by atoms with E-state index in [-0.39, 0.29) is 0 Å². The SMILES string of the molecule is C=C(C)CC(CC(C)(C)C)NCC. The number of hydrogen-bond donors (Lipinski definition) is 1. The summed E-state index contributed by atoms with van der Waals surface area (Å²) >= 11 is 0. The minimum Gasteiger partial charge on any atom is -0.314 e. The molecule has 0 saturated carbocycles. The van der Waals surface area contributed by atoms with Gasteiger partial charge in [-0.3, -0.25) is 0 Å². The van der Waals surface area contributed by atoms with Gasteiger partial charge in [0.15, 0.2) is 0 Å². The van der Waals surface area contributed by atoms with Crippen molar-refractivity contribution in [1.29, 1.82) is 0 Å². The van der Waals surface area contributed by atoms with E-state index >= 15 is 0 Å². The summed E-state index contributed by atoms with van der Waals surface area (Å²) in [6.07, 6.45) is 2.32. The zero-order valence-electron chi connectivity index (χ0n) is 9.91. The first-order valence-corrected chi connectivity index (χ1v) is 5.23. The van der Waals surface area contributed by atoms with Gasteiger partial charge in [-0.1, -0.05) is 33.3 Å². The summed E-state index contributed by atoms with van der Waals surface area (Å²) in [5, 5.41) is 3.51. The highest BCUT2D eigenvalue weighted by molar-refractivity contribution is 4.93. The Balaban J connectivity index is 4.01. The predicted octanol–water partition coefficient (Wildman–Crippen LogP) is 3.37. The quantitative estimate of drug-likeness (QED) is 0.644. The Bertz CT molecular complexity index is 153. The van der Waals surface area contributed by atoms with E-state index in [1.807, 2.05) is 0 Å². The summed E-state index contributed by atoms with van der Waals surface area (Å²) in [7, 11) is 0. The van der Waals surface area contributed by atoms with Crippen LogP contribution in [0.1, 0.15) is 47.5 Å². The van der Waals surface area contributed by atoms with Crippen molar-refractivity contribution in [1.82, 2.24) is 5.32 Å². The van der Waals surface area contributed by atoms with Crippen LogP contribution in [0.25, 0.3) is 0 Å². The molecule has 0 rings (SSSR count). The van der Waals surface area contributed by atoms with Gasteiger partial charge in [-0.25, -0.2) is 0 Å². The van der Waals surface area contributed by atoms with Crippen LogP contribution in [0.15, 0.2) is 12.2 Å². The highest BCUT2D eigenvalue weighted by Crippen LogP contribution is 2.23. The van der Waals surface area contributed by atoms with Crippen LogP contribution in [-0.4, -0.2) is 12.6 Å². The summed E-state index contributed by atoms with van der Waals surface area (Å²) < 4.78 is 0. The van der Waals surface area contributed by atoms with Gasteiger partial charge < -0.3 is 5.32 Å². The third-order valence-electron chi connectivity index (χ3n) is 1.95. The maximum atomic E-state index is 3.97. The second kappa shape index (κ2) is 5.43. The molecular formula is C12H25N. The van der Waals surface area contributed by atoms with Crippen molar-refractivity contribution < 1.29 is 0 Å². The van der Waals surface area contributed by atoms with Crippen LogP contribution in [0.3, 0.4) is 0 Å². The standard InChI is InChI=1S/C12H25N/c1-7-13-11(8-10(2)3)9-12(4,5)6/h11,13H,2,7-9H2,1,3-6H3. The predicted molar refractivity (Wildman–Crippen MR) is 61.0 cm³/mol. The lowest BCUT2D eigenvalue weighted by Crippen LogP contribution is -2.32. The first kappa shape index (κ1) is 12.7. The fraction of sp³-hybridized carbons (Fsp3) is 0.833. The second-order valence-electron chi connectivity index (χ2n) is 5.18. The largest absolute Gasteiger partial charge is 0.314 e. The summed E-state index contributed by atoms with van der Waals surface area (Å²) in [5.41, 5.74) is 1.68. The van der Waals surface area contributed by atoms with Gasteiger partial charge in [-0.15, -0.1) is 6.58 Å². The van der Waals surface area contributed by atoms with Gasteiger partial charge in [0.05, 0.1) is 0 Å². The third kappa shape index (κ3) is 8.04. The third-order valence-corrected chi connectivity index (χ3v) is 1.95. The van der Waals surface area contributed by atoms with Crippen molar-refractivity contribution in [2.75, 3.05) is 6.54 Å². The second-order valence-corrected chi connectivity index (χ2v) is 5.18. The maximum absolute atomic E-state index is 3.97. The van der Waals surface area contributed by atoms with Crippen LogP contribution >= 0.6 is 0 Å². The lowest BCUT2D eigenvalue weighted by Gasteiger charge is -2.26. The first-order chi connectivity index (χ1) is 5.85. The number of rotatable bonds is 5. The van der Waals surface area contributed by atoms with E-state index in [4.69, 9.17) is 0 Å². The summed E-state index contributed by atoms with van der Waals surface area (Å²) in [6, 6.07) is 0.600. The topological polar surface area (TPSA) is 12.0 Å². The molecule has 0 radical (unpaired) electrons. The van der Waals surface area contributed by atoms with Gasteiger partial charge in [0, 0.05) is 6.04 Å². The Hall–Kier alpha value is -0.300. The van der Waals surface area contributed by atoms with Crippen molar-refractivity contribution >= 4 is 0 Å². The van der Waals surface area contributed by atoms with Crippen LogP contribution in [0, 0.1) is 5.41 Å². The highest BCUT2D eigenvalue weighted by atomic mass is 14.9. The minimum atomic E-state index is 0.405. The van der Waals surface area contributed by atoms with Gasteiger partial charge in [-0.2, -0.15) is 0 Å². The molecule has 0 spiro atoms. The highest BCUT2D eigenvalue weighted by Gasteiger charge is 2.17. The fourth-order valence-corrected chi connectivity index (χ4v) is 1.67. The molecule has 0 fully saturated rings. The Morgan fingerprint density at radius 2 is 1.92 bits per heavy atom.